The van der Waals surface area contributed by atoms with Gasteiger partial charge in [0, 0.05) is 6.54 Å². The van der Waals surface area contributed by atoms with E-state index in [9.17, 15) is 4.79 Å². The molecule has 1 amide bonds. The summed E-state index contributed by atoms with van der Waals surface area (Å²) in [5.41, 5.74) is 2.13. The molecule has 3 heterocycles. The number of hydrogen-bond acceptors (Lipinski definition) is 2. The number of para-hydroxylation sites is 1. The van der Waals surface area contributed by atoms with E-state index in [0.717, 1.165) is 44.3 Å². The summed E-state index contributed by atoms with van der Waals surface area (Å²) >= 11 is 6.34. The van der Waals surface area contributed by atoms with Gasteiger partial charge in [-0.25, -0.2) is 0 Å². The third-order valence-corrected chi connectivity index (χ3v) is 5.16. The molecular weight excluding hydrogens is 274 g/mol. The molecule has 0 spiro atoms. The van der Waals surface area contributed by atoms with Crippen LogP contribution in [0.5, 0.6) is 0 Å². The Morgan fingerprint density at radius 2 is 2.25 bits per heavy atom. The number of aryl methyl sites for hydroxylation is 1. The lowest BCUT2D eigenvalue weighted by Crippen LogP contribution is -2.42. The highest BCUT2D eigenvalue weighted by atomic mass is 35.5. The zero-order valence-electron chi connectivity index (χ0n) is 11.3. The topological polar surface area (TPSA) is 29.5 Å². The standard InChI is InChI=1S/C16H18ClNO2/c17-13-5-1-3-10-4-2-8-18(15(10)13)16(19)12-9-11-6-7-14(12)20-11/h1,3,5,11-12,14H,2,4,6-9H2. The molecule has 3 nitrogen and oxygen atoms in total. The number of carbonyl (C=O) groups is 1. The van der Waals surface area contributed by atoms with E-state index in [1.54, 1.807) is 0 Å². The second kappa shape index (κ2) is 4.74. The number of fused-ring (bicyclic) bond motifs is 3. The van der Waals surface area contributed by atoms with Crippen LogP contribution < -0.4 is 4.90 Å². The molecule has 3 atom stereocenters. The minimum atomic E-state index is 0.0379. The van der Waals surface area contributed by atoms with Crippen LogP contribution in [0.2, 0.25) is 5.02 Å². The van der Waals surface area contributed by atoms with E-state index < -0.39 is 0 Å². The number of rotatable bonds is 1. The third kappa shape index (κ3) is 1.87. The maximum absolute atomic E-state index is 12.9. The van der Waals surface area contributed by atoms with E-state index in [2.05, 4.69) is 6.07 Å². The van der Waals surface area contributed by atoms with Crippen LogP contribution in [0.25, 0.3) is 0 Å². The van der Waals surface area contributed by atoms with E-state index in [1.807, 2.05) is 17.0 Å². The normalized spacial score (nSPS) is 31.4. The van der Waals surface area contributed by atoms with Gasteiger partial charge in [-0.3, -0.25) is 4.79 Å². The van der Waals surface area contributed by atoms with E-state index >= 15 is 0 Å². The SMILES string of the molecule is O=C(C1CC2CCC1O2)N1CCCc2cccc(Cl)c21. The summed E-state index contributed by atoms with van der Waals surface area (Å²) in [4.78, 5) is 14.8. The number of anilines is 1. The molecule has 2 bridgehead atoms. The highest BCUT2D eigenvalue weighted by Crippen LogP contribution is 2.42. The number of hydrogen-bond donors (Lipinski definition) is 0. The van der Waals surface area contributed by atoms with Crippen molar-refractivity contribution >= 4 is 23.2 Å². The Morgan fingerprint density at radius 3 is 3.00 bits per heavy atom. The fourth-order valence-corrected chi connectivity index (χ4v) is 4.22. The van der Waals surface area contributed by atoms with Crippen LogP contribution >= 0.6 is 11.6 Å². The quantitative estimate of drug-likeness (QED) is 0.795. The fraction of sp³-hybridized carbons (Fsp3) is 0.562. The monoisotopic (exact) mass is 291 g/mol. The number of nitrogens with zero attached hydrogens (tertiary/aromatic N) is 1. The van der Waals surface area contributed by atoms with Crippen LogP contribution in [-0.2, 0) is 16.0 Å². The molecule has 0 N–H and O–H groups in total. The smallest absolute Gasteiger partial charge is 0.232 e. The molecule has 2 fully saturated rings. The number of carbonyl (C=O) groups excluding carboxylic acids is 1. The fourth-order valence-electron chi connectivity index (χ4n) is 3.92. The largest absolute Gasteiger partial charge is 0.374 e. The van der Waals surface area contributed by atoms with Gasteiger partial charge < -0.3 is 9.64 Å². The summed E-state index contributed by atoms with van der Waals surface area (Å²) in [6.07, 6.45) is 5.51. The highest BCUT2D eigenvalue weighted by Gasteiger charge is 2.46. The van der Waals surface area contributed by atoms with Crippen molar-refractivity contribution in [3.63, 3.8) is 0 Å². The first-order valence-electron chi connectivity index (χ1n) is 7.48. The Hall–Kier alpha value is -1.06. The molecule has 0 radical (unpaired) electrons. The van der Waals surface area contributed by atoms with Crippen molar-refractivity contribution in [3.05, 3.63) is 28.8 Å². The zero-order valence-corrected chi connectivity index (χ0v) is 12.1. The average molecular weight is 292 g/mol. The average Bonchev–Trinajstić information content (AvgIpc) is 3.09. The van der Waals surface area contributed by atoms with Gasteiger partial charge in [0.25, 0.3) is 0 Å². The second-order valence-electron chi connectivity index (χ2n) is 6.06. The maximum atomic E-state index is 12.9. The van der Waals surface area contributed by atoms with Crippen molar-refractivity contribution in [2.45, 2.75) is 44.3 Å². The summed E-state index contributed by atoms with van der Waals surface area (Å²) in [6.45, 7) is 0.781. The van der Waals surface area contributed by atoms with Gasteiger partial charge in [-0.15, -0.1) is 0 Å². The number of halogens is 1. The molecule has 20 heavy (non-hydrogen) atoms. The predicted molar refractivity (Wildman–Crippen MR) is 78.1 cm³/mol. The van der Waals surface area contributed by atoms with Crippen molar-refractivity contribution in [3.8, 4) is 0 Å². The lowest BCUT2D eigenvalue weighted by molar-refractivity contribution is -0.124. The molecule has 4 rings (SSSR count). The number of amides is 1. The summed E-state index contributed by atoms with van der Waals surface area (Å²) < 4.78 is 5.83. The van der Waals surface area contributed by atoms with Crippen LogP contribution in [-0.4, -0.2) is 24.7 Å². The summed E-state index contributed by atoms with van der Waals surface area (Å²) in [6, 6.07) is 5.93. The van der Waals surface area contributed by atoms with Gasteiger partial charge in [-0.1, -0.05) is 23.7 Å². The van der Waals surface area contributed by atoms with Crippen molar-refractivity contribution in [2.75, 3.05) is 11.4 Å². The molecule has 4 heteroatoms. The Kier molecular flexibility index (Phi) is 3.00. The second-order valence-corrected chi connectivity index (χ2v) is 6.46. The molecule has 3 aliphatic heterocycles. The molecule has 1 aromatic carbocycles. The van der Waals surface area contributed by atoms with Gasteiger partial charge in [-0.2, -0.15) is 0 Å². The van der Waals surface area contributed by atoms with Crippen LogP contribution in [0.4, 0.5) is 5.69 Å². The first kappa shape index (κ1) is 12.7. The molecule has 106 valence electrons. The Labute approximate surface area is 123 Å². The lowest BCUT2D eigenvalue weighted by atomic mass is 9.87. The van der Waals surface area contributed by atoms with Gasteiger partial charge in [0.05, 0.1) is 28.8 Å². The van der Waals surface area contributed by atoms with Crippen molar-refractivity contribution < 1.29 is 9.53 Å². The summed E-state index contributed by atoms with van der Waals surface area (Å²) in [5.74, 6) is 0.252. The molecule has 3 unspecified atom stereocenters. The zero-order chi connectivity index (χ0) is 13.7. The summed E-state index contributed by atoms with van der Waals surface area (Å²) in [5, 5.41) is 0.694. The Morgan fingerprint density at radius 1 is 1.35 bits per heavy atom. The van der Waals surface area contributed by atoms with E-state index in [1.165, 1.54) is 5.56 Å². The molecular formula is C16H18ClNO2. The van der Waals surface area contributed by atoms with Gasteiger partial charge in [-0.05, 0) is 43.7 Å². The van der Waals surface area contributed by atoms with Gasteiger partial charge in [0.2, 0.25) is 5.91 Å². The van der Waals surface area contributed by atoms with Crippen LogP contribution in [0.15, 0.2) is 18.2 Å². The number of ether oxygens (including phenoxy) is 1. The Bertz CT molecular complexity index is 559. The third-order valence-electron chi connectivity index (χ3n) is 4.86. The maximum Gasteiger partial charge on any atom is 0.232 e. The predicted octanol–water partition coefficient (Wildman–Crippen LogP) is 3.19. The van der Waals surface area contributed by atoms with Crippen LogP contribution in [0.1, 0.15) is 31.2 Å². The lowest BCUT2D eigenvalue weighted by Gasteiger charge is -2.33. The van der Waals surface area contributed by atoms with E-state index in [0.29, 0.717) is 11.1 Å². The number of benzene rings is 1. The molecule has 0 aliphatic carbocycles. The molecule has 1 aromatic rings. The van der Waals surface area contributed by atoms with Crippen molar-refractivity contribution in [1.29, 1.82) is 0 Å². The van der Waals surface area contributed by atoms with Gasteiger partial charge in [0.1, 0.15) is 0 Å². The Balaban J connectivity index is 1.65. The minimum absolute atomic E-state index is 0.0379. The van der Waals surface area contributed by atoms with Crippen molar-refractivity contribution in [2.24, 2.45) is 5.92 Å². The highest BCUT2D eigenvalue weighted by molar-refractivity contribution is 6.34. The van der Waals surface area contributed by atoms with E-state index in [-0.39, 0.29) is 17.9 Å². The minimum Gasteiger partial charge on any atom is -0.374 e. The first-order chi connectivity index (χ1) is 9.74. The van der Waals surface area contributed by atoms with Gasteiger partial charge >= 0.3 is 0 Å². The van der Waals surface area contributed by atoms with Crippen molar-refractivity contribution in [1.82, 2.24) is 0 Å². The summed E-state index contributed by atoms with van der Waals surface area (Å²) in [7, 11) is 0. The molecule has 3 aliphatic rings. The first-order valence-corrected chi connectivity index (χ1v) is 7.86. The van der Waals surface area contributed by atoms with Crippen LogP contribution in [0.3, 0.4) is 0 Å². The molecule has 0 saturated carbocycles. The van der Waals surface area contributed by atoms with Crippen LogP contribution in [0, 0.1) is 5.92 Å². The van der Waals surface area contributed by atoms with E-state index in [4.69, 9.17) is 16.3 Å². The molecule has 2 saturated heterocycles. The van der Waals surface area contributed by atoms with Gasteiger partial charge in [0.15, 0.2) is 0 Å². The molecule has 0 aromatic heterocycles.